The first-order valence-electron chi connectivity index (χ1n) is 9.75. The van der Waals surface area contributed by atoms with E-state index in [4.69, 9.17) is 0 Å². The zero-order valence-electron chi connectivity index (χ0n) is 16.0. The van der Waals surface area contributed by atoms with E-state index in [1.165, 1.54) is 0 Å². The number of amides is 3. The molecule has 0 aromatic heterocycles. The molecule has 2 atom stereocenters. The quantitative estimate of drug-likeness (QED) is 0.546. The molecule has 146 valence electrons. The number of nitrogens with one attached hydrogen (secondary N) is 1. The van der Waals surface area contributed by atoms with Crippen molar-refractivity contribution >= 4 is 23.3 Å². The highest BCUT2D eigenvalue weighted by molar-refractivity contribution is 6.23. The third kappa shape index (κ3) is 2.83. The van der Waals surface area contributed by atoms with Crippen LogP contribution >= 0.6 is 0 Å². The number of carbonyl (C=O) groups is 3. The maximum absolute atomic E-state index is 12.9. The van der Waals surface area contributed by atoms with Crippen LogP contribution in [0.2, 0.25) is 0 Å². The van der Waals surface area contributed by atoms with Crippen LogP contribution in [0, 0.1) is 0 Å². The van der Waals surface area contributed by atoms with Crippen molar-refractivity contribution in [3.05, 3.63) is 113 Å². The molecule has 3 aromatic rings. The lowest BCUT2D eigenvalue weighted by Crippen LogP contribution is -2.69. The molecule has 0 aliphatic carbocycles. The molecule has 2 aliphatic heterocycles. The minimum absolute atomic E-state index is 0.328. The second-order valence-electron chi connectivity index (χ2n) is 7.32. The molecule has 0 saturated carbocycles. The maximum atomic E-state index is 12.9. The van der Waals surface area contributed by atoms with Crippen LogP contribution in [-0.4, -0.2) is 34.7 Å². The van der Waals surface area contributed by atoms with Crippen molar-refractivity contribution in [2.24, 2.45) is 0 Å². The molecule has 1 fully saturated rings. The van der Waals surface area contributed by atoms with Gasteiger partial charge in [0.05, 0.1) is 17.2 Å². The largest absolute Gasteiger partial charge is 0.345 e. The van der Waals surface area contributed by atoms with E-state index in [1.807, 2.05) is 66.7 Å². The van der Waals surface area contributed by atoms with Crippen LogP contribution in [0.15, 0.2) is 91.0 Å². The fourth-order valence-electron chi connectivity index (χ4n) is 4.04. The van der Waals surface area contributed by atoms with Crippen molar-refractivity contribution in [1.82, 2.24) is 10.2 Å². The summed E-state index contributed by atoms with van der Waals surface area (Å²) >= 11 is 0. The molecule has 30 heavy (non-hydrogen) atoms. The van der Waals surface area contributed by atoms with Crippen molar-refractivity contribution < 1.29 is 14.4 Å². The lowest BCUT2D eigenvalue weighted by atomic mass is 9.90. The highest BCUT2D eigenvalue weighted by atomic mass is 16.2. The van der Waals surface area contributed by atoms with Gasteiger partial charge in [-0.05, 0) is 28.8 Å². The summed E-state index contributed by atoms with van der Waals surface area (Å²) in [4.78, 5) is 39.3. The maximum Gasteiger partial charge on any atom is 0.262 e. The Balaban J connectivity index is 1.54. The van der Waals surface area contributed by atoms with Crippen molar-refractivity contribution in [2.45, 2.75) is 12.1 Å². The van der Waals surface area contributed by atoms with Crippen molar-refractivity contribution in [3.8, 4) is 0 Å². The van der Waals surface area contributed by atoms with Crippen LogP contribution in [0.5, 0.6) is 0 Å². The minimum Gasteiger partial charge on any atom is -0.345 e. The number of nitrogens with zero attached hydrogens (tertiary/aromatic N) is 1. The van der Waals surface area contributed by atoms with Crippen molar-refractivity contribution in [2.75, 3.05) is 0 Å². The van der Waals surface area contributed by atoms with E-state index in [0.717, 1.165) is 21.6 Å². The minimum atomic E-state index is -0.861. The molecule has 5 rings (SSSR count). The molecule has 1 N–H and O–H groups in total. The molecular weight excluding hydrogens is 376 g/mol. The van der Waals surface area contributed by atoms with E-state index in [1.54, 1.807) is 24.3 Å². The average Bonchev–Trinajstić information content (AvgIpc) is 3.03. The molecule has 5 nitrogen and oxygen atoms in total. The predicted octanol–water partition coefficient (Wildman–Crippen LogP) is 3.28. The average molecular weight is 394 g/mol. The van der Waals surface area contributed by atoms with Gasteiger partial charge in [-0.3, -0.25) is 19.3 Å². The number of hydrogen-bond acceptors (Lipinski definition) is 3. The number of benzene rings is 3. The standard InChI is InChI=1S/C25H18N2O3/c28-23-22(27-24(29)18-13-7-8-14-19(18)25(27)30)21(26-23)15-20(16-9-3-1-4-10-16)17-11-5-2-6-12-17/h1-15,21-22H,(H,26,28). The van der Waals surface area contributed by atoms with Gasteiger partial charge in [0.15, 0.2) is 0 Å². The fourth-order valence-corrected chi connectivity index (χ4v) is 4.04. The molecule has 3 aromatic carbocycles. The number of imide groups is 1. The Hall–Kier alpha value is -3.99. The van der Waals surface area contributed by atoms with Gasteiger partial charge in [-0.25, -0.2) is 0 Å². The molecule has 1 saturated heterocycles. The van der Waals surface area contributed by atoms with Gasteiger partial charge in [-0.1, -0.05) is 78.9 Å². The van der Waals surface area contributed by atoms with Crippen LogP contribution in [-0.2, 0) is 4.79 Å². The number of carbonyl (C=O) groups excluding carboxylic acids is 3. The molecule has 0 bridgehead atoms. The highest BCUT2D eigenvalue weighted by Crippen LogP contribution is 2.31. The number of hydrogen-bond donors (Lipinski definition) is 1. The first-order valence-corrected chi connectivity index (χ1v) is 9.75. The van der Waals surface area contributed by atoms with E-state index < -0.39 is 23.9 Å². The van der Waals surface area contributed by atoms with Crippen LogP contribution < -0.4 is 5.32 Å². The molecule has 5 heteroatoms. The summed E-state index contributed by atoms with van der Waals surface area (Å²) < 4.78 is 0. The second-order valence-corrected chi connectivity index (χ2v) is 7.32. The highest BCUT2D eigenvalue weighted by Gasteiger charge is 2.51. The monoisotopic (exact) mass is 394 g/mol. The first-order chi connectivity index (χ1) is 14.6. The van der Waals surface area contributed by atoms with E-state index in [0.29, 0.717) is 11.1 Å². The molecule has 2 unspecified atom stereocenters. The summed E-state index contributed by atoms with van der Waals surface area (Å²) in [5.74, 6) is -1.17. The second kappa shape index (κ2) is 7.12. The van der Waals surface area contributed by atoms with E-state index in [2.05, 4.69) is 5.32 Å². The Bertz CT molecular complexity index is 1110. The molecule has 2 heterocycles. The van der Waals surface area contributed by atoms with Gasteiger partial charge in [-0.2, -0.15) is 0 Å². The Kier molecular flexibility index (Phi) is 4.29. The van der Waals surface area contributed by atoms with Gasteiger partial charge in [0, 0.05) is 0 Å². The van der Waals surface area contributed by atoms with Crippen LogP contribution in [0.4, 0.5) is 0 Å². The lowest BCUT2D eigenvalue weighted by molar-refractivity contribution is -0.133. The van der Waals surface area contributed by atoms with Crippen LogP contribution in [0.25, 0.3) is 5.57 Å². The Morgan fingerprint density at radius 2 is 1.17 bits per heavy atom. The summed E-state index contributed by atoms with van der Waals surface area (Å²) in [6, 6.07) is 25.0. The van der Waals surface area contributed by atoms with Gasteiger partial charge in [-0.15, -0.1) is 0 Å². The normalized spacial score (nSPS) is 19.7. The van der Waals surface area contributed by atoms with Gasteiger partial charge in [0.2, 0.25) is 5.91 Å². The number of β-lactam (4-membered cyclic amide) rings is 1. The van der Waals surface area contributed by atoms with Crippen molar-refractivity contribution in [3.63, 3.8) is 0 Å². The summed E-state index contributed by atoms with van der Waals surface area (Å²) in [6.07, 6.45) is 1.93. The summed E-state index contributed by atoms with van der Waals surface area (Å²) in [5.41, 5.74) is 3.60. The summed E-state index contributed by atoms with van der Waals surface area (Å²) in [5, 5.41) is 2.85. The van der Waals surface area contributed by atoms with Gasteiger partial charge in [0.1, 0.15) is 6.04 Å². The van der Waals surface area contributed by atoms with Crippen molar-refractivity contribution in [1.29, 1.82) is 0 Å². The SMILES string of the molecule is O=C1NC(C=C(c2ccccc2)c2ccccc2)C1N1C(=O)c2ccccc2C1=O. The van der Waals surface area contributed by atoms with Gasteiger partial charge >= 0.3 is 0 Å². The molecule has 3 amide bonds. The zero-order valence-corrected chi connectivity index (χ0v) is 16.0. The Labute approximate surface area is 173 Å². The fraction of sp³-hybridized carbons (Fsp3) is 0.0800. The first kappa shape index (κ1) is 18.1. The van der Waals surface area contributed by atoms with E-state index in [9.17, 15) is 14.4 Å². The van der Waals surface area contributed by atoms with Crippen LogP contribution in [0.3, 0.4) is 0 Å². The predicted molar refractivity (Wildman–Crippen MR) is 113 cm³/mol. The molecule has 2 aliphatic rings. The molecule has 0 radical (unpaired) electrons. The van der Waals surface area contributed by atoms with E-state index in [-0.39, 0.29) is 5.91 Å². The summed E-state index contributed by atoms with van der Waals surface area (Å²) in [7, 11) is 0. The lowest BCUT2D eigenvalue weighted by Gasteiger charge is -2.39. The van der Waals surface area contributed by atoms with Crippen LogP contribution in [0.1, 0.15) is 31.8 Å². The number of rotatable bonds is 4. The third-order valence-electron chi connectivity index (χ3n) is 5.54. The third-order valence-corrected chi connectivity index (χ3v) is 5.54. The Morgan fingerprint density at radius 1 is 0.700 bits per heavy atom. The Morgan fingerprint density at radius 3 is 1.63 bits per heavy atom. The molecular formula is C25H18N2O3. The molecule has 0 spiro atoms. The topological polar surface area (TPSA) is 66.5 Å². The summed E-state index contributed by atoms with van der Waals surface area (Å²) in [6.45, 7) is 0. The zero-order chi connectivity index (χ0) is 20.7. The number of fused-ring (bicyclic) bond motifs is 1. The van der Waals surface area contributed by atoms with Gasteiger partial charge in [0.25, 0.3) is 11.8 Å². The van der Waals surface area contributed by atoms with E-state index >= 15 is 0 Å². The smallest absolute Gasteiger partial charge is 0.262 e. The van der Waals surface area contributed by atoms with Gasteiger partial charge < -0.3 is 5.32 Å².